The molecule has 0 unspecified atom stereocenters. The van der Waals surface area contributed by atoms with Crippen molar-refractivity contribution in [1.82, 2.24) is 5.32 Å². The van der Waals surface area contributed by atoms with Crippen molar-refractivity contribution in [1.29, 1.82) is 0 Å². The molecule has 0 aromatic heterocycles. The third-order valence-electron chi connectivity index (χ3n) is 1.33. The molecule has 0 fully saturated rings. The topological polar surface area (TPSA) is 67.8 Å². The Kier molecular flexibility index (Phi) is 3.19. The summed E-state index contributed by atoms with van der Waals surface area (Å²) in [4.78, 5) is 25.5. The van der Waals surface area contributed by atoms with Crippen LogP contribution in [0.5, 0.6) is 0 Å². The van der Waals surface area contributed by atoms with Gasteiger partial charge in [0.25, 0.3) is 5.91 Å². The second-order valence-corrected chi connectivity index (χ2v) is 2.43. The molecule has 0 aliphatic carbocycles. The number of rotatable bonds is 3. The third-order valence-corrected chi connectivity index (χ3v) is 1.33. The number of ether oxygens (including phenoxy) is 1. The van der Waals surface area contributed by atoms with E-state index in [9.17, 15) is 9.59 Å². The lowest BCUT2D eigenvalue weighted by atomic mass is 10.4. The maximum absolute atomic E-state index is 11.0. The summed E-state index contributed by atoms with van der Waals surface area (Å²) in [6.45, 7) is 2.24. The molecule has 0 spiro atoms. The predicted octanol–water partition coefficient (Wildman–Crippen LogP) is -0.0184. The van der Waals surface area contributed by atoms with Crippen LogP contribution in [0.1, 0.15) is 13.3 Å². The van der Waals surface area contributed by atoms with Crippen LogP contribution in [0, 0.1) is 0 Å². The molecule has 0 atom stereocenters. The third kappa shape index (κ3) is 2.70. The van der Waals surface area contributed by atoms with E-state index in [0.717, 1.165) is 12.5 Å². The first-order chi connectivity index (χ1) is 6.24. The number of aliphatic imine (C=N–C) groups is 1. The molecule has 70 valence electrons. The highest BCUT2D eigenvalue weighted by Gasteiger charge is 2.13. The van der Waals surface area contributed by atoms with Gasteiger partial charge in [-0.3, -0.25) is 4.79 Å². The van der Waals surface area contributed by atoms with Gasteiger partial charge in [-0.2, -0.15) is 0 Å². The van der Waals surface area contributed by atoms with E-state index in [-0.39, 0.29) is 11.6 Å². The van der Waals surface area contributed by atoms with Crippen LogP contribution in [0.4, 0.5) is 0 Å². The van der Waals surface area contributed by atoms with Crippen LogP contribution in [-0.4, -0.2) is 24.8 Å². The maximum atomic E-state index is 11.0. The Morgan fingerprint density at radius 2 is 2.54 bits per heavy atom. The number of nitrogens with zero attached hydrogens (tertiary/aromatic N) is 1. The molecule has 0 radical (unpaired) electrons. The number of hydrogen-bond donors (Lipinski definition) is 1. The van der Waals surface area contributed by atoms with E-state index >= 15 is 0 Å². The molecule has 1 amide bonds. The van der Waals surface area contributed by atoms with Crippen LogP contribution in [0.25, 0.3) is 0 Å². The minimum Gasteiger partial charge on any atom is -0.462 e. The molecular formula is C8H10N2O3. The van der Waals surface area contributed by atoms with Crippen LogP contribution in [0.2, 0.25) is 0 Å². The lowest BCUT2D eigenvalue weighted by Gasteiger charge is -1.97. The number of esters is 1. The molecule has 1 aliphatic rings. The summed E-state index contributed by atoms with van der Waals surface area (Å²) >= 11 is 0. The number of amides is 1. The van der Waals surface area contributed by atoms with E-state index in [1.807, 2.05) is 6.92 Å². The summed E-state index contributed by atoms with van der Waals surface area (Å²) < 4.78 is 4.73. The maximum Gasteiger partial charge on any atom is 0.333 e. The number of nitrogens with one attached hydrogen (secondary N) is 1. The van der Waals surface area contributed by atoms with Crippen LogP contribution in [0.15, 0.2) is 16.8 Å². The minimum atomic E-state index is -0.536. The second kappa shape index (κ2) is 4.39. The molecule has 0 aromatic rings. The van der Waals surface area contributed by atoms with Gasteiger partial charge in [0.1, 0.15) is 5.70 Å². The standard InChI is InChI=1S/C8H10N2O3/c1-2-3-13-7(11)4-6-8(12)10-5-9-6/h4-5H,2-3H2,1H3,(H,9,10,12). The molecule has 0 saturated heterocycles. The molecule has 5 nitrogen and oxygen atoms in total. The van der Waals surface area contributed by atoms with Crippen molar-refractivity contribution in [3.05, 3.63) is 11.8 Å². The fourth-order valence-electron chi connectivity index (χ4n) is 0.752. The first kappa shape index (κ1) is 9.44. The van der Waals surface area contributed by atoms with Gasteiger partial charge in [0.05, 0.1) is 19.0 Å². The van der Waals surface area contributed by atoms with Crippen molar-refractivity contribution in [2.45, 2.75) is 13.3 Å². The normalized spacial score (nSPS) is 17.6. The Labute approximate surface area is 75.5 Å². The highest BCUT2D eigenvalue weighted by Crippen LogP contribution is 2.01. The summed E-state index contributed by atoms with van der Waals surface area (Å²) in [6.07, 6.45) is 3.07. The molecule has 1 rings (SSSR count). The Morgan fingerprint density at radius 1 is 1.77 bits per heavy atom. The zero-order chi connectivity index (χ0) is 9.68. The first-order valence-corrected chi connectivity index (χ1v) is 3.96. The Morgan fingerprint density at radius 3 is 3.08 bits per heavy atom. The number of carbonyl (C=O) groups is 2. The van der Waals surface area contributed by atoms with E-state index < -0.39 is 5.97 Å². The molecule has 5 heteroatoms. The minimum absolute atomic E-state index is 0.0844. The largest absolute Gasteiger partial charge is 0.462 e. The fraction of sp³-hybridized carbons (Fsp3) is 0.375. The van der Waals surface area contributed by atoms with E-state index in [1.165, 1.54) is 6.34 Å². The van der Waals surface area contributed by atoms with Crippen molar-refractivity contribution in [3.63, 3.8) is 0 Å². The average molecular weight is 182 g/mol. The van der Waals surface area contributed by atoms with E-state index in [4.69, 9.17) is 4.74 Å². The van der Waals surface area contributed by atoms with Crippen LogP contribution in [-0.2, 0) is 14.3 Å². The SMILES string of the molecule is CCCOC(=O)C=C1N=CNC1=O. The molecule has 1 N–H and O–H groups in total. The van der Waals surface area contributed by atoms with Crippen molar-refractivity contribution in [2.75, 3.05) is 6.61 Å². The summed E-state index contributed by atoms with van der Waals surface area (Å²) in [5.74, 6) is -0.917. The van der Waals surface area contributed by atoms with Gasteiger partial charge in [0.2, 0.25) is 0 Å². The van der Waals surface area contributed by atoms with E-state index in [2.05, 4.69) is 10.3 Å². The van der Waals surface area contributed by atoms with Crippen LogP contribution >= 0.6 is 0 Å². The van der Waals surface area contributed by atoms with Crippen LogP contribution < -0.4 is 5.32 Å². The quantitative estimate of drug-likeness (QED) is 0.492. The van der Waals surface area contributed by atoms with Gasteiger partial charge >= 0.3 is 5.97 Å². The van der Waals surface area contributed by atoms with Crippen molar-refractivity contribution in [3.8, 4) is 0 Å². The van der Waals surface area contributed by atoms with Gasteiger partial charge in [-0.1, -0.05) is 6.92 Å². The van der Waals surface area contributed by atoms with Gasteiger partial charge in [0.15, 0.2) is 0 Å². The lowest BCUT2D eigenvalue weighted by Crippen LogP contribution is -2.16. The van der Waals surface area contributed by atoms with Crippen molar-refractivity contribution < 1.29 is 14.3 Å². The Hall–Kier alpha value is -1.65. The van der Waals surface area contributed by atoms with Gasteiger partial charge < -0.3 is 10.1 Å². The zero-order valence-corrected chi connectivity index (χ0v) is 7.24. The molecule has 1 heterocycles. The smallest absolute Gasteiger partial charge is 0.333 e. The fourth-order valence-corrected chi connectivity index (χ4v) is 0.752. The van der Waals surface area contributed by atoms with Crippen LogP contribution in [0.3, 0.4) is 0 Å². The Bertz CT molecular complexity index is 281. The first-order valence-electron chi connectivity index (χ1n) is 3.96. The zero-order valence-electron chi connectivity index (χ0n) is 7.24. The predicted molar refractivity (Wildman–Crippen MR) is 46.0 cm³/mol. The van der Waals surface area contributed by atoms with Gasteiger partial charge in [0, 0.05) is 0 Å². The molecule has 0 bridgehead atoms. The Balaban J connectivity index is 2.50. The summed E-state index contributed by atoms with van der Waals surface area (Å²) in [6, 6.07) is 0. The number of carbonyl (C=O) groups excluding carboxylic acids is 2. The molecule has 0 saturated carbocycles. The summed E-state index contributed by atoms with van der Waals surface area (Å²) in [5, 5.41) is 2.32. The van der Waals surface area contributed by atoms with E-state index in [0.29, 0.717) is 6.61 Å². The molecule has 13 heavy (non-hydrogen) atoms. The highest BCUT2D eigenvalue weighted by atomic mass is 16.5. The average Bonchev–Trinajstić information content (AvgIpc) is 2.48. The van der Waals surface area contributed by atoms with Crippen molar-refractivity contribution >= 4 is 18.2 Å². The second-order valence-electron chi connectivity index (χ2n) is 2.43. The van der Waals surface area contributed by atoms with Gasteiger partial charge in [-0.25, -0.2) is 9.79 Å². The summed E-state index contributed by atoms with van der Waals surface area (Å²) in [5.41, 5.74) is 0.0844. The summed E-state index contributed by atoms with van der Waals surface area (Å²) in [7, 11) is 0. The molecule has 1 aliphatic heterocycles. The lowest BCUT2D eigenvalue weighted by molar-refractivity contribution is -0.138. The molecular weight excluding hydrogens is 172 g/mol. The number of hydrogen-bond acceptors (Lipinski definition) is 4. The molecule has 0 aromatic carbocycles. The van der Waals surface area contributed by atoms with E-state index in [1.54, 1.807) is 0 Å². The van der Waals surface area contributed by atoms with Gasteiger partial charge in [-0.15, -0.1) is 0 Å². The van der Waals surface area contributed by atoms with Gasteiger partial charge in [-0.05, 0) is 6.42 Å². The monoisotopic (exact) mass is 182 g/mol. The highest BCUT2D eigenvalue weighted by molar-refractivity contribution is 6.08. The van der Waals surface area contributed by atoms with Crippen molar-refractivity contribution in [2.24, 2.45) is 4.99 Å².